The molecule has 20 heavy (non-hydrogen) atoms. The molecule has 2 aromatic rings. The zero-order chi connectivity index (χ0) is 14.5. The molecule has 2 heterocycles. The number of thiophene rings is 1. The molecule has 7 heteroatoms. The maximum absolute atomic E-state index is 12.0. The van der Waals surface area contributed by atoms with Crippen LogP contribution in [0, 0.1) is 18.8 Å². The number of hydrogen-bond acceptors (Lipinski definition) is 5. The Morgan fingerprint density at radius 2 is 2.35 bits per heavy atom. The fraction of sp³-hybridized carbons (Fsp3) is 0.154. The van der Waals surface area contributed by atoms with E-state index in [1.165, 1.54) is 23.5 Å². The fourth-order valence-electron chi connectivity index (χ4n) is 1.43. The van der Waals surface area contributed by atoms with E-state index >= 15 is 0 Å². The van der Waals surface area contributed by atoms with E-state index in [4.69, 9.17) is 5.11 Å². The number of aryl methyl sites for hydroxylation is 1. The molecule has 0 bridgehead atoms. The SMILES string of the molecule is Cc1cc(C(=O)Nc2ccc(=O)[nH]n2)sc1C#CCO. The Balaban J connectivity index is 2.17. The van der Waals surface area contributed by atoms with Crippen LogP contribution in [0.3, 0.4) is 0 Å². The number of amides is 1. The molecule has 0 radical (unpaired) electrons. The summed E-state index contributed by atoms with van der Waals surface area (Å²) in [4.78, 5) is 24.1. The molecule has 6 nitrogen and oxygen atoms in total. The zero-order valence-electron chi connectivity index (χ0n) is 10.6. The van der Waals surface area contributed by atoms with Gasteiger partial charge in [-0.25, -0.2) is 5.10 Å². The van der Waals surface area contributed by atoms with Gasteiger partial charge in [0.05, 0.1) is 9.75 Å². The first-order valence-corrected chi connectivity index (χ1v) is 6.49. The van der Waals surface area contributed by atoms with Gasteiger partial charge in [-0.1, -0.05) is 11.8 Å². The second kappa shape index (κ2) is 6.14. The number of carbonyl (C=O) groups excluding carboxylic acids is 1. The number of nitrogens with one attached hydrogen (secondary N) is 2. The van der Waals surface area contributed by atoms with Crippen molar-refractivity contribution >= 4 is 23.1 Å². The second-order valence-electron chi connectivity index (χ2n) is 3.84. The van der Waals surface area contributed by atoms with Gasteiger partial charge in [-0.05, 0) is 24.6 Å². The molecule has 3 N–H and O–H groups in total. The number of aromatic nitrogens is 2. The number of aliphatic hydroxyl groups excluding tert-OH is 1. The maximum Gasteiger partial charge on any atom is 0.266 e. The molecule has 1 amide bonds. The van der Waals surface area contributed by atoms with Gasteiger partial charge in [-0.15, -0.1) is 11.3 Å². The summed E-state index contributed by atoms with van der Waals surface area (Å²) in [6.07, 6.45) is 0. The largest absolute Gasteiger partial charge is 0.384 e. The van der Waals surface area contributed by atoms with Crippen molar-refractivity contribution in [2.24, 2.45) is 0 Å². The maximum atomic E-state index is 12.0. The number of H-pyrrole nitrogens is 1. The fourth-order valence-corrected chi connectivity index (χ4v) is 2.37. The Bertz CT molecular complexity index is 732. The van der Waals surface area contributed by atoms with Crippen molar-refractivity contribution < 1.29 is 9.90 Å². The van der Waals surface area contributed by atoms with Gasteiger partial charge in [0.1, 0.15) is 6.61 Å². The minimum Gasteiger partial charge on any atom is -0.384 e. The molecule has 2 rings (SSSR count). The lowest BCUT2D eigenvalue weighted by molar-refractivity contribution is 0.103. The molecule has 0 aliphatic rings. The summed E-state index contributed by atoms with van der Waals surface area (Å²) in [5.74, 6) is 5.27. The van der Waals surface area contributed by atoms with E-state index in [0.29, 0.717) is 4.88 Å². The normalized spacial score (nSPS) is 9.70. The molecule has 0 aromatic carbocycles. The zero-order valence-corrected chi connectivity index (χ0v) is 11.4. The van der Waals surface area contributed by atoms with E-state index in [1.54, 1.807) is 6.07 Å². The Kier molecular flexibility index (Phi) is 4.30. The topological polar surface area (TPSA) is 95.1 Å². The number of rotatable bonds is 2. The van der Waals surface area contributed by atoms with Crippen LogP contribution in [0.5, 0.6) is 0 Å². The predicted molar refractivity (Wildman–Crippen MR) is 75.8 cm³/mol. The minimum absolute atomic E-state index is 0.222. The van der Waals surface area contributed by atoms with E-state index in [0.717, 1.165) is 10.4 Å². The van der Waals surface area contributed by atoms with E-state index < -0.39 is 0 Å². The lowest BCUT2D eigenvalue weighted by Crippen LogP contribution is -2.14. The monoisotopic (exact) mass is 289 g/mol. The number of carbonyl (C=O) groups is 1. The number of hydrogen-bond donors (Lipinski definition) is 3. The van der Waals surface area contributed by atoms with Crippen LogP contribution in [0.4, 0.5) is 5.82 Å². The molecular weight excluding hydrogens is 278 g/mol. The van der Waals surface area contributed by atoms with Gasteiger partial charge < -0.3 is 10.4 Å². The predicted octanol–water partition coefficient (Wildman–Crippen LogP) is 0.736. The number of anilines is 1. The third-order valence-corrected chi connectivity index (χ3v) is 3.49. The van der Waals surface area contributed by atoms with Gasteiger partial charge in [0.25, 0.3) is 11.5 Å². The van der Waals surface area contributed by atoms with Crippen LogP contribution in [-0.4, -0.2) is 27.8 Å². The van der Waals surface area contributed by atoms with Crippen molar-refractivity contribution in [3.8, 4) is 11.8 Å². The number of nitrogens with zero attached hydrogens (tertiary/aromatic N) is 1. The summed E-state index contributed by atoms with van der Waals surface area (Å²) in [6, 6.07) is 4.41. The van der Waals surface area contributed by atoms with E-state index in [-0.39, 0.29) is 23.9 Å². The Morgan fingerprint density at radius 1 is 1.55 bits per heavy atom. The van der Waals surface area contributed by atoms with Crippen LogP contribution in [0.25, 0.3) is 0 Å². The molecule has 0 atom stereocenters. The highest BCUT2D eigenvalue weighted by Crippen LogP contribution is 2.21. The molecule has 102 valence electrons. The molecule has 0 aliphatic heterocycles. The summed E-state index contributed by atoms with van der Waals surface area (Å²) in [5.41, 5.74) is 0.534. The van der Waals surface area contributed by atoms with Crippen LogP contribution in [-0.2, 0) is 0 Å². The highest BCUT2D eigenvalue weighted by Gasteiger charge is 2.12. The third-order valence-electron chi connectivity index (χ3n) is 2.34. The minimum atomic E-state index is -0.337. The molecular formula is C13H11N3O3S. The molecule has 2 aromatic heterocycles. The van der Waals surface area contributed by atoms with Gasteiger partial charge in [0.15, 0.2) is 5.82 Å². The summed E-state index contributed by atoms with van der Waals surface area (Å²) in [7, 11) is 0. The Hall–Kier alpha value is -2.43. The third kappa shape index (κ3) is 3.32. The van der Waals surface area contributed by atoms with E-state index in [9.17, 15) is 9.59 Å². The van der Waals surface area contributed by atoms with E-state index in [2.05, 4.69) is 27.4 Å². The van der Waals surface area contributed by atoms with E-state index in [1.807, 2.05) is 6.92 Å². The smallest absolute Gasteiger partial charge is 0.266 e. The molecule has 0 saturated heterocycles. The van der Waals surface area contributed by atoms with Crippen molar-refractivity contribution in [3.63, 3.8) is 0 Å². The van der Waals surface area contributed by atoms with Crippen molar-refractivity contribution in [3.05, 3.63) is 43.9 Å². The summed E-state index contributed by atoms with van der Waals surface area (Å²) >= 11 is 1.23. The summed E-state index contributed by atoms with van der Waals surface area (Å²) < 4.78 is 0. The van der Waals surface area contributed by atoms with Gasteiger partial charge in [-0.2, -0.15) is 5.10 Å². The molecule has 0 saturated carbocycles. The van der Waals surface area contributed by atoms with Crippen molar-refractivity contribution in [2.75, 3.05) is 11.9 Å². The first-order chi connectivity index (χ1) is 9.60. The Labute approximate surface area is 118 Å². The van der Waals surface area contributed by atoms with Crippen molar-refractivity contribution in [1.82, 2.24) is 10.2 Å². The quantitative estimate of drug-likeness (QED) is 0.710. The van der Waals surface area contributed by atoms with Crippen LogP contribution in [0.15, 0.2) is 23.0 Å². The lowest BCUT2D eigenvalue weighted by Gasteiger charge is -2.00. The first-order valence-electron chi connectivity index (χ1n) is 5.67. The van der Waals surface area contributed by atoms with Gasteiger partial charge in [0, 0.05) is 6.07 Å². The standard InChI is InChI=1S/C13H11N3O3S/c1-8-7-10(20-9(8)3-2-6-17)13(19)14-11-4-5-12(18)16-15-11/h4-5,7,17H,6H2,1H3,(H,16,18)(H,14,15,19). The first kappa shape index (κ1) is 14.0. The average molecular weight is 289 g/mol. The lowest BCUT2D eigenvalue weighted by atomic mass is 10.2. The number of aliphatic hydroxyl groups is 1. The van der Waals surface area contributed by atoms with Crippen LogP contribution >= 0.6 is 11.3 Å². The Morgan fingerprint density at radius 3 is 3.00 bits per heavy atom. The molecule has 0 spiro atoms. The van der Waals surface area contributed by atoms with Crippen molar-refractivity contribution in [2.45, 2.75) is 6.92 Å². The number of aromatic amines is 1. The average Bonchev–Trinajstić information content (AvgIpc) is 2.80. The highest BCUT2D eigenvalue weighted by molar-refractivity contribution is 7.14. The summed E-state index contributed by atoms with van der Waals surface area (Å²) in [5, 5.41) is 17.2. The molecule has 0 aliphatic carbocycles. The molecule has 0 unspecified atom stereocenters. The highest BCUT2D eigenvalue weighted by atomic mass is 32.1. The molecule has 0 fully saturated rings. The van der Waals surface area contributed by atoms with Gasteiger partial charge >= 0.3 is 0 Å². The van der Waals surface area contributed by atoms with Gasteiger partial charge in [0.2, 0.25) is 0 Å². The van der Waals surface area contributed by atoms with Crippen LogP contribution in [0.2, 0.25) is 0 Å². The van der Waals surface area contributed by atoms with Crippen LogP contribution < -0.4 is 10.9 Å². The van der Waals surface area contributed by atoms with Gasteiger partial charge in [-0.3, -0.25) is 9.59 Å². The second-order valence-corrected chi connectivity index (χ2v) is 4.90. The van der Waals surface area contributed by atoms with Crippen LogP contribution in [0.1, 0.15) is 20.1 Å². The summed E-state index contributed by atoms with van der Waals surface area (Å²) in [6.45, 7) is 1.62. The van der Waals surface area contributed by atoms with Crippen molar-refractivity contribution in [1.29, 1.82) is 0 Å².